The summed E-state index contributed by atoms with van der Waals surface area (Å²) in [7, 11) is 0. The van der Waals surface area contributed by atoms with Gasteiger partial charge in [0.15, 0.2) is 0 Å². The molecule has 14 heavy (non-hydrogen) atoms. The number of carbonyl (C=O) groups excluding carboxylic acids is 1. The molecule has 0 radical (unpaired) electrons. The molecule has 0 aromatic heterocycles. The SMILES string of the molecule is Cl.O=C(NC(F)(F)F)c1ccccc1. The summed E-state index contributed by atoms with van der Waals surface area (Å²) in [5.74, 6) is -1.15. The molecule has 0 saturated heterocycles. The molecule has 0 aliphatic rings. The number of nitrogens with one attached hydrogen (secondary N) is 1. The highest BCUT2D eigenvalue weighted by Gasteiger charge is 2.30. The minimum atomic E-state index is -4.67. The van der Waals surface area contributed by atoms with Crippen molar-refractivity contribution in [2.24, 2.45) is 0 Å². The van der Waals surface area contributed by atoms with Crippen molar-refractivity contribution in [2.75, 3.05) is 0 Å². The van der Waals surface area contributed by atoms with Crippen molar-refractivity contribution in [3.8, 4) is 0 Å². The van der Waals surface area contributed by atoms with Gasteiger partial charge in [0.05, 0.1) is 0 Å². The van der Waals surface area contributed by atoms with Crippen LogP contribution in [-0.4, -0.2) is 12.2 Å². The van der Waals surface area contributed by atoms with Crippen LogP contribution in [0.4, 0.5) is 13.2 Å². The number of alkyl halides is 3. The van der Waals surface area contributed by atoms with E-state index in [1.165, 1.54) is 24.3 Å². The Morgan fingerprint density at radius 3 is 2.07 bits per heavy atom. The Morgan fingerprint density at radius 1 is 1.14 bits per heavy atom. The van der Waals surface area contributed by atoms with Gasteiger partial charge in [-0.2, -0.15) is 13.2 Å². The second-order valence-corrected chi connectivity index (χ2v) is 2.32. The van der Waals surface area contributed by atoms with Gasteiger partial charge in [-0.25, -0.2) is 0 Å². The highest BCUT2D eigenvalue weighted by molar-refractivity contribution is 5.94. The summed E-state index contributed by atoms with van der Waals surface area (Å²) in [5.41, 5.74) is -0.0141. The Morgan fingerprint density at radius 2 is 1.64 bits per heavy atom. The van der Waals surface area contributed by atoms with E-state index in [4.69, 9.17) is 0 Å². The van der Waals surface area contributed by atoms with Crippen LogP contribution in [0, 0.1) is 0 Å². The third-order valence-corrected chi connectivity index (χ3v) is 1.29. The maximum atomic E-state index is 11.7. The quantitative estimate of drug-likeness (QED) is 0.731. The van der Waals surface area contributed by atoms with E-state index in [2.05, 4.69) is 0 Å². The maximum absolute atomic E-state index is 11.7. The van der Waals surface area contributed by atoms with Gasteiger partial charge < -0.3 is 0 Å². The average molecular weight is 226 g/mol. The van der Waals surface area contributed by atoms with Crippen molar-refractivity contribution < 1.29 is 18.0 Å². The number of carbonyl (C=O) groups is 1. The van der Waals surface area contributed by atoms with Crippen molar-refractivity contribution in [1.29, 1.82) is 0 Å². The van der Waals surface area contributed by atoms with Crippen LogP contribution < -0.4 is 5.32 Å². The molecule has 0 aliphatic carbocycles. The smallest absolute Gasteiger partial charge is 0.269 e. The lowest BCUT2D eigenvalue weighted by Gasteiger charge is -2.07. The largest absolute Gasteiger partial charge is 0.484 e. The highest BCUT2D eigenvalue weighted by Crippen LogP contribution is 2.11. The molecule has 0 spiro atoms. The second-order valence-electron chi connectivity index (χ2n) is 2.32. The number of halogens is 4. The maximum Gasteiger partial charge on any atom is 0.484 e. The third-order valence-electron chi connectivity index (χ3n) is 1.29. The summed E-state index contributed by atoms with van der Waals surface area (Å²) in [6.07, 6.45) is -4.67. The van der Waals surface area contributed by atoms with E-state index < -0.39 is 12.2 Å². The summed E-state index contributed by atoms with van der Waals surface area (Å²) in [6, 6.07) is 7.21. The molecular formula is C8H7ClF3NO. The topological polar surface area (TPSA) is 29.1 Å². The van der Waals surface area contributed by atoms with Gasteiger partial charge in [0.25, 0.3) is 5.91 Å². The van der Waals surface area contributed by atoms with Gasteiger partial charge >= 0.3 is 6.30 Å². The van der Waals surface area contributed by atoms with Gasteiger partial charge in [0.1, 0.15) is 0 Å². The normalized spacial score (nSPS) is 10.2. The average Bonchev–Trinajstić information content (AvgIpc) is 2.03. The molecule has 1 amide bonds. The fourth-order valence-electron chi connectivity index (χ4n) is 0.790. The van der Waals surface area contributed by atoms with Crippen LogP contribution in [0.2, 0.25) is 0 Å². The van der Waals surface area contributed by atoms with E-state index in [9.17, 15) is 18.0 Å². The first-order chi connectivity index (χ1) is 5.99. The molecule has 0 fully saturated rings. The standard InChI is InChI=1S/C8H6F3NO.ClH/c9-8(10,11)12-7(13)6-4-2-1-3-5-6;/h1-5H,(H,12,13);1H. The Hall–Kier alpha value is -1.23. The zero-order valence-electron chi connectivity index (χ0n) is 6.84. The molecule has 0 atom stereocenters. The third kappa shape index (κ3) is 4.13. The van der Waals surface area contributed by atoms with Crippen LogP contribution in [0.1, 0.15) is 10.4 Å². The first-order valence-electron chi connectivity index (χ1n) is 3.43. The van der Waals surface area contributed by atoms with Gasteiger partial charge in [0.2, 0.25) is 0 Å². The van der Waals surface area contributed by atoms with Crippen LogP contribution in [-0.2, 0) is 0 Å². The summed E-state index contributed by atoms with van der Waals surface area (Å²) >= 11 is 0. The summed E-state index contributed by atoms with van der Waals surface area (Å²) < 4.78 is 35.0. The first-order valence-corrected chi connectivity index (χ1v) is 3.43. The van der Waals surface area contributed by atoms with Crippen molar-refractivity contribution in [3.05, 3.63) is 35.9 Å². The van der Waals surface area contributed by atoms with E-state index in [1.54, 1.807) is 6.07 Å². The monoisotopic (exact) mass is 225 g/mol. The number of hydrogen-bond acceptors (Lipinski definition) is 1. The van der Waals surface area contributed by atoms with Crippen molar-refractivity contribution in [2.45, 2.75) is 6.30 Å². The van der Waals surface area contributed by atoms with Crippen LogP contribution >= 0.6 is 12.4 Å². The lowest BCUT2D eigenvalue weighted by atomic mass is 10.2. The van der Waals surface area contributed by atoms with E-state index in [-0.39, 0.29) is 18.0 Å². The van der Waals surface area contributed by atoms with Crippen molar-refractivity contribution >= 4 is 18.3 Å². The lowest BCUT2D eigenvalue weighted by molar-refractivity contribution is -0.146. The molecule has 78 valence electrons. The predicted molar refractivity (Wildman–Crippen MR) is 47.2 cm³/mol. The van der Waals surface area contributed by atoms with Gasteiger partial charge in [-0.15, -0.1) is 12.4 Å². The molecule has 2 nitrogen and oxygen atoms in total. The van der Waals surface area contributed by atoms with Crippen LogP contribution in [0.25, 0.3) is 0 Å². The second kappa shape index (κ2) is 4.85. The van der Waals surface area contributed by atoms with Crippen LogP contribution in [0.3, 0.4) is 0 Å². The zero-order chi connectivity index (χ0) is 9.90. The fourth-order valence-corrected chi connectivity index (χ4v) is 0.790. The molecule has 1 aromatic rings. The van der Waals surface area contributed by atoms with Gasteiger partial charge in [-0.1, -0.05) is 18.2 Å². The molecule has 1 N–H and O–H groups in total. The Bertz CT molecular complexity index is 299. The lowest BCUT2D eigenvalue weighted by Crippen LogP contribution is -2.37. The molecule has 0 aliphatic heterocycles. The van der Waals surface area contributed by atoms with E-state index in [1.807, 2.05) is 0 Å². The van der Waals surface area contributed by atoms with Gasteiger partial charge in [0, 0.05) is 5.56 Å². The van der Waals surface area contributed by atoms with Gasteiger partial charge in [-0.05, 0) is 12.1 Å². The fraction of sp³-hybridized carbons (Fsp3) is 0.125. The summed E-state index contributed by atoms with van der Waals surface area (Å²) in [4.78, 5) is 10.8. The Balaban J connectivity index is 0.00000169. The highest BCUT2D eigenvalue weighted by atomic mass is 35.5. The molecular weight excluding hydrogens is 219 g/mol. The minimum absolute atomic E-state index is 0. The molecule has 1 rings (SSSR count). The van der Waals surface area contributed by atoms with E-state index in [0.29, 0.717) is 0 Å². The number of hydrogen-bond donors (Lipinski definition) is 1. The molecule has 0 unspecified atom stereocenters. The van der Waals surface area contributed by atoms with E-state index >= 15 is 0 Å². The van der Waals surface area contributed by atoms with E-state index in [0.717, 1.165) is 5.32 Å². The Labute approximate surface area is 84.5 Å². The van der Waals surface area contributed by atoms with Crippen molar-refractivity contribution in [1.82, 2.24) is 5.32 Å². The zero-order valence-corrected chi connectivity index (χ0v) is 7.65. The summed E-state index contributed by atoms with van der Waals surface area (Å²) in [6.45, 7) is 0. The van der Waals surface area contributed by atoms with Crippen molar-refractivity contribution in [3.63, 3.8) is 0 Å². The molecule has 0 heterocycles. The first kappa shape index (κ1) is 12.8. The number of benzene rings is 1. The molecule has 0 bridgehead atoms. The Kier molecular flexibility index (Phi) is 4.43. The van der Waals surface area contributed by atoms with Gasteiger partial charge in [-0.3, -0.25) is 10.1 Å². The summed E-state index contributed by atoms with van der Waals surface area (Å²) in [5, 5.41) is 0.896. The molecule has 0 saturated carbocycles. The minimum Gasteiger partial charge on any atom is -0.269 e. The molecule has 1 aromatic carbocycles. The predicted octanol–water partition coefficient (Wildman–Crippen LogP) is 2.36. The van der Waals surface area contributed by atoms with Crippen LogP contribution in [0.15, 0.2) is 30.3 Å². The number of amides is 1. The molecule has 6 heteroatoms. The van der Waals surface area contributed by atoms with Crippen LogP contribution in [0.5, 0.6) is 0 Å². The number of rotatable bonds is 1.